The van der Waals surface area contributed by atoms with E-state index in [1.807, 2.05) is 0 Å². The van der Waals surface area contributed by atoms with Crippen LogP contribution in [0.3, 0.4) is 0 Å². The molecule has 0 fully saturated rings. The molecule has 0 bridgehead atoms. The van der Waals surface area contributed by atoms with Crippen molar-refractivity contribution in [3.05, 3.63) is 51.3 Å². The molecule has 0 atom stereocenters. The van der Waals surface area contributed by atoms with Crippen LogP contribution in [0.2, 0.25) is 0 Å². The normalized spacial score (nSPS) is 10.4. The lowest BCUT2D eigenvalue weighted by Gasteiger charge is -2.04. The van der Waals surface area contributed by atoms with Crippen LogP contribution in [0.15, 0.2) is 40.2 Å². The van der Waals surface area contributed by atoms with E-state index >= 15 is 0 Å². The third-order valence-corrected chi connectivity index (χ3v) is 3.94. The fraction of sp³-hybridized carbons (Fsp3) is 0.167. The van der Waals surface area contributed by atoms with Gasteiger partial charge in [-0.15, -0.1) is 11.3 Å². The van der Waals surface area contributed by atoms with E-state index in [1.165, 1.54) is 16.1 Å². The highest BCUT2D eigenvalue weighted by molar-refractivity contribution is 9.10. The van der Waals surface area contributed by atoms with Crippen LogP contribution < -0.4 is 11.1 Å². The smallest absolute Gasteiger partial charge is 0.0896 e. The van der Waals surface area contributed by atoms with Crippen LogP contribution in [-0.4, -0.2) is 0 Å². The largest absolute Gasteiger partial charge is 0.373 e. The van der Waals surface area contributed by atoms with E-state index in [2.05, 4.69) is 57.0 Å². The number of thiophene rings is 1. The van der Waals surface area contributed by atoms with Gasteiger partial charge in [0.25, 0.3) is 0 Å². The van der Waals surface area contributed by atoms with Crippen molar-refractivity contribution in [2.45, 2.75) is 13.1 Å². The first kappa shape index (κ1) is 11.6. The van der Waals surface area contributed by atoms with E-state index in [9.17, 15) is 0 Å². The van der Waals surface area contributed by atoms with Crippen molar-refractivity contribution in [3.8, 4) is 0 Å². The zero-order valence-corrected chi connectivity index (χ0v) is 11.1. The molecule has 0 aliphatic rings. The van der Waals surface area contributed by atoms with Crippen molar-refractivity contribution >= 4 is 32.3 Å². The lowest BCUT2D eigenvalue weighted by molar-refractivity contribution is 1.06. The predicted octanol–water partition coefficient (Wildman–Crippen LogP) is 3.58. The van der Waals surface area contributed by atoms with Crippen LogP contribution in [0.5, 0.6) is 0 Å². The molecule has 0 aliphatic heterocycles. The highest BCUT2D eigenvalue weighted by atomic mass is 79.9. The Labute approximate surface area is 108 Å². The molecular formula is C12H13BrN2S. The monoisotopic (exact) mass is 296 g/mol. The van der Waals surface area contributed by atoms with Gasteiger partial charge in [0.05, 0.1) is 5.00 Å². The lowest BCUT2D eigenvalue weighted by Crippen LogP contribution is -1.99. The Morgan fingerprint density at radius 1 is 1.19 bits per heavy atom. The van der Waals surface area contributed by atoms with Crippen molar-refractivity contribution in [2.75, 3.05) is 5.32 Å². The van der Waals surface area contributed by atoms with Crippen LogP contribution >= 0.6 is 27.3 Å². The molecule has 0 amide bonds. The second kappa shape index (κ2) is 5.48. The van der Waals surface area contributed by atoms with E-state index in [0.717, 1.165) is 11.0 Å². The van der Waals surface area contributed by atoms with E-state index in [4.69, 9.17) is 5.73 Å². The van der Waals surface area contributed by atoms with Gasteiger partial charge >= 0.3 is 0 Å². The van der Waals surface area contributed by atoms with E-state index in [1.54, 1.807) is 11.3 Å². The summed E-state index contributed by atoms with van der Waals surface area (Å²) >= 11 is 5.13. The molecular weight excluding hydrogens is 284 g/mol. The second-order valence-electron chi connectivity index (χ2n) is 3.50. The van der Waals surface area contributed by atoms with Crippen LogP contribution in [0.4, 0.5) is 5.00 Å². The molecule has 0 saturated carbocycles. The number of rotatable bonds is 4. The highest BCUT2D eigenvalue weighted by Gasteiger charge is 1.97. The zero-order chi connectivity index (χ0) is 11.4. The minimum Gasteiger partial charge on any atom is -0.373 e. The minimum atomic E-state index is 0.603. The number of nitrogens with two attached hydrogens (primary N) is 1. The molecule has 2 aromatic rings. The minimum absolute atomic E-state index is 0.603. The summed E-state index contributed by atoms with van der Waals surface area (Å²) in [5.74, 6) is 0. The number of benzene rings is 1. The van der Waals surface area contributed by atoms with E-state index in [-0.39, 0.29) is 0 Å². The topological polar surface area (TPSA) is 38.0 Å². The molecule has 4 heteroatoms. The Bertz CT molecular complexity index is 450. The van der Waals surface area contributed by atoms with Gasteiger partial charge in [-0.2, -0.15) is 0 Å². The molecule has 2 nitrogen and oxygen atoms in total. The molecule has 0 unspecified atom stereocenters. The standard InChI is InChI=1S/C12H13BrN2S/c13-11-5-12(16-8-11)15-7-10-3-1-9(6-14)2-4-10/h1-5,8,15H,6-7,14H2. The maximum Gasteiger partial charge on any atom is 0.0896 e. The average molecular weight is 297 g/mol. The number of hydrogen-bond donors (Lipinski definition) is 2. The van der Waals surface area contributed by atoms with Crippen molar-refractivity contribution < 1.29 is 0 Å². The highest BCUT2D eigenvalue weighted by Crippen LogP contribution is 2.24. The molecule has 0 aliphatic carbocycles. The summed E-state index contributed by atoms with van der Waals surface area (Å²) in [7, 11) is 0. The molecule has 1 aromatic carbocycles. The first-order valence-electron chi connectivity index (χ1n) is 5.04. The first-order valence-corrected chi connectivity index (χ1v) is 6.71. The Morgan fingerprint density at radius 2 is 1.88 bits per heavy atom. The van der Waals surface area contributed by atoms with Crippen LogP contribution in [0, 0.1) is 0 Å². The van der Waals surface area contributed by atoms with Gasteiger partial charge in [-0.25, -0.2) is 0 Å². The Kier molecular flexibility index (Phi) is 3.98. The summed E-state index contributed by atoms with van der Waals surface area (Å²) in [6, 6.07) is 10.4. The van der Waals surface area contributed by atoms with Gasteiger partial charge in [-0.3, -0.25) is 0 Å². The molecule has 84 valence electrons. The van der Waals surface area contributed by atoms with Gasteiger partial charge in [0.2, 0.25) is 0 Å². The molecule has 3 N–H and O–H groups in total. The molecule has 1 heterocycles. The Balaban J connectivity index is 1.94. The van der Waals surface area contributed by atoms with Gasteiger partial charge in [0, 0.05) is 22.9 Å². The fourth-order valence-electron chi connectivity index (χ4n) is 1.39. The van der Waals surface area contributed by atoms with Gasteiger partial charge in [0.1, 0.15) is 0 Å². The average Bonchev–Trinajstić information content (AvgIpc) is 2.73. The third kappa shape index (κ3) is 3.07. The van der Waals surface area contributed by atoms with E-state index in [0.29, 0.717) is 6.54 Å². The number of hydrogen-bond acceptors (Lipinski definition) is 3. The zero-order valence-electron chi connectivity index (χ0n) is 8.74. The van der Waals surface area contributed by atoms with Crippen molar-refractivity contribution in [1.82, 2.24) is 0 Å². The summed E-state index contributed by atoms with van der Waals surface area (Å²) < 4.78 is 1.12. The van der Waals surface area contributed by atoms with E-state index < -0.39 is 0 Å². The quantitative estimate of drug-likeness (QED) is 0.905. The van der Waals surface area contributed by atoms with Gasteiger partial charge in [-0.05, 0) is 33.1 Å². The van der Waals surface area contributed by atoms with Gasteiger partial charge < -0.3 is 11.1 Å². The summed E-state index contributed by atoms with van der Waals surface area (Å²) in [6.45, 7) is 1.45. The number of nitrogens with one attached hydrogen (secondary N) is 1. The van der Waals surface area contributed by atoms with Gasteiger partial charge in [0.15, 0.2) is 0 Å². The summed E-state index contributed by atoms with van der Waals surface area (Å²) in [4.78, 5) is 0. The third-order valence-electron chi connectivity index (χ3n) is 2.29. The molecule has 0 saturated heterocycles. The predicted molar refractivity (Wildman–Crippen MR) is 73.7 cm³/mol. The van der Waals surface area contributed by atoms with Crippen LogP contribution in [0.25, 0.3) is 0 Å². The SMILES string of the molecule is NCc1ccc(CNc2cc(Br)cs2)cc1. The van der Waals surface area contributed by atoms with Crippen molar-refractivity contribution in [2.24, 2.45) is 5.73 Å². The maximum absolute atomic E-state index is 5.55. The van der Waals surface area contributed by atoms with Gasteiger partial charge in [-0.1, -0.05) is 24.3 Å². The van der Waals surface area contributed by atoms with Crippen LogP contribution in [-0.2, 0) is 13.1 Å². The Morgan fingerprint density at radius 3 is 2.44 bits per heavy atom. The Hall–Kier alpha value is -0.840. The van der Waals surface area contributed by atoms with Crippen molar-refractivity contribution in [3.63, 3.8) is 0 Å². The molecule has 0 spiro atoms. The maximum atomic E-state index is 5.55. The van der Waals surface area contributed by atoms with Crippen molar-refractivity contribution in [1.29, 1.82) is 0 Å². The lowest BCUT2D eigenvalue weighted by atomic mass is 10.1. The second-order valence-corrected chi connectivity index (χ2v) is 5.33. The number of anilines is 1. The molecule has 1 aromatic heterocycles. The first-order chi connectivity index (χ1) is 7.78. The molecule has 0 radical (unpaired) electrons. The fourth-order valence-corrected chi connectivity index (χ4v) is 2.71. The summed E-state index contributed by atoms with van der Waals surface area (Å²) in [6.07, 6.45) is 0. The number of halogens is 1. The molecule has 2 rings (SSSR count). The molecule has 16 heavy (non-hydrogen) atoms. The summed E-state index contributed by atoms with van der Waals surface area (Å²) in [5, 5.41) is 6.62. The summed E-state index contributed by atoms with van der Waals surface area (Å²) in [5.41, 5.74) is 7.98. The van der Waals surface area contributed by atoms with Crippen LogP contribution in [0.1, 0.15) is 11.1 Å².